The highest BCUT2D eigenvalue weighted by Gasteiger charge is 2.11. The molecule has 1 saturated heterocycles. The van der Waals surface area contributed by atoms with Gasteiger partial charge in [-0.1, -0.05) is 0 Å². The van der Waals surface area contributed by atoms with Crippen LogP contribution in [0.4, 0.5) is 0 Å². The smallest absolute Gasteiger partial charge is 0.170 e. The van der Waals surface area contributed by atoms with Crippen LogP contribution in [0.15, 0.2) is 0 Å². The third kappa shape index (κ3) is 1.62. The van der Waals surface area contributed by atoms with E-state index in [1.807, 2.05) is 0 Å². The van der Waals surface area contributed by atoms with Gasteiger partial charge in [-0.15, -0.1) is 11.6 Å². The Morgan fingerprint density at radius 3 is 2.38 bits per heavy atom. The van der Waals surface area contributed by atoms with Crippen molar-refractivity contribution >= 4 is 11.6 Å². The van der Waals surface area contributed by atoms with E-state index in [4.69, 9.17) is 21.1 Å². The minimum absolute atomic E-state index is 0.148. The normalized spacial score (nSPS) is 23.6. The van der Waals surface area contributed by atoms with Crippen molar-refractivity contribution < 1.29 is 9.47 Å². The van der Waals surface area contributed by atoms with E-state index in [0.29, 0.717) is 5.88 Å². The summed E-state index contributed by atoms with van der Waals surface area (Å²) in [6.45, 7) is 1.58. The molecule has 0 atom stereocenters. The number of hydrogen-bond acceptors (Lipinski definition) is 2. The molecular formula is C5H9ClO2. The Balaban J connectivity index is 2.13. The molecule has 1 rings (SSSR count). The van der Waals surface area contributed by atoms with E-state index in [0.717, 1.165) is 19.6 Å². The summed E-state index contributed by atoms with van der Waals surface area (Å²) in [5.41, 5.74) is 0. The van der Waals surface area contributed by atoms with Crippen LogP contribution in [0, 0.1) is 0 Å². The SMILES string of the molecule is ClCC1OCCCO1. The Kier molecular flexibility index (Phi) is 2.59. The van der Waals surface area contributed by atoms with E-state index in [-0.39, 0.29) is 6.29 Å². The fourth-order valence-electron chi connectivity index (χ4n) is 0.626. The molecule has 1 fully saturated rings. The molecule has 0 unspecified atom stereocenters. The summed E-state index contributed by atoms with van der Waals surface area (Å²) in [7, 11) is 0. The van der Waals surface area contributed by atoms with E-state index in [1.165, 1.54) is 0 Å². The Morgan fingerprint density at radius 1 is 1.38 bits per heavy atom. The number of hydrogen-bond donors (Lipinski definition) is 0. The van der Waals surface area contributed by atoms with E-state index in [9.17, 15) is 0 Å². The maximum atomic E-state index is 5.43. The van der Waals surface area contributed by atoms with E-state index < -0.39 is 0 Å². The van der Waals surface area contributed by atoms with Gasteiger partial charge >= 0.3 is 0 Å². The van der Waals surface area contributed by atoms with Gasteiger partial charge in [0, 0.05) is 0 Å². The lowest BCUT2D eigenvalue weighted by Gasteiger charge is -2.20. The van der Waals surface area contributed by atoms with Gasteiger partial charge in [-0.2, -0.15) is 0 Å². The largest absolute Gasteiger partial charge is 0.351 e. The minimum Gasteiger partial charge on any atom is -0.351 e. The zero-order valence-corrected chi connectivity index (χ0v) is 5.36. The molecule has 0 radical (unpaired) electrons. The van der Waals surface area contributed by atoms with E-state index >= 15 is 0 Å². The lowest BCUT2D eigenvalue weighted by atomic mass is 10.4. The highest BCUT2D eigenvalue weighted by Crippen LogP contribution is 2.04. The number of ether oxygens (including phenoxy) is 2. The van der Waals surface area contributed by atoms with Crippen molar-refractivity contribution in [3.05, 3.63) is 0 Å². The first-order valence-corrected chi connectivity index (χ1v) is 3.26. The topological polar surface area (TPSA) is 18.5 Å². The first-order valence-electron chi connectivity index (χ1n) is 2.72. The van der Waals surface area contributed by atoms with Crippen LogP contribution in [-0.4, -0.2) is 25.4 Å². The third-order valence-electron chi connectivity index (χ3n) is 1.02. The first kappa shape index (κ1) is 6.33. The molecule has 0 spiro atoms. The van der Waals surface area contributed by atoms with Gasteiger partial charge in [0.25, 0.3) is 0 Å². The van der Waals surface area contributed by atoms with Gasteiger partial charge in [0.05, 0.1) is 19.1 Å². The van der Waals surface area contributed by atoms with Crippen LogP contribution >= 0.6 is 11.6 Å². The van der Waals surface area contributed by atoms with Gasteiger partial charge in [-0.3, -0.25) is 0 Å². The molecule has 1 aliphatic rings. The number of halogens is 1. The van der Waals surface area contributed by atoms with Crippen LogP contribution < -0.4 is 0 Å². The van der Waals surface area contributed by atoms with Crippen molar-refractivity contribution in [2.45, 2.75) is 12.7 Å². The highest BCUT2D eigenvalue weighted by atomic mass is 35.5. The predicted molar refractivity (Wildman–Crippen MR) is 31.0 cm³/mol. The second kappa shape index (κ2) is 3.28. The average molecular weight is 137 g/mol. The van der Waals surface area contributed by atoms with Crippen molar-refractivity contribution in [2.75, 3.05) is 19.1 Å². The molecule has 0 N–H and O–H groups in total. The molecule has 0 aromatic heterocycles. The summed E-state index contributed by atoms with van der Waals surface area (Å²) in [5, 5.41) is 0. The maximum absolute atomic E-state index is 5.43. The van der Waals surface area contributed by atoms with Crippen molar-refractivity contribution in [3.63, 3.8) is 0 Å². The standard InChI is InChI=1S/C5H9ClO2/c6-4-5-7-2-1-3-8-5/h5H,1-4H2. The summed E-state index contributed by atoms with van der Waals surface area (Å²) in [6.07, 6.45) is 0.846. The Labute approximate surface area is 53.7 Å². The summed E-state index contributed by atoms with van der Waals surface area (Å²) in [4.78, 5) is 0. The van der Waals surface area contributed by atoms with Gasteiger partial charge in [-0.05, 0) is 6.42 Å². The number of rotatable bonds is 1. The summed E-state index contributed by atoms with van der Waals surface area (Å²) in [5.74, 6) is 0.444. The molecule has 2 nitrogen and oxygen atoms in total. The minimum atomic E-state index is -0.148. The van der Waals surface area contributed by atoms with Crippen LogP contribution in [0.5, 0.6) is 0 Å². The second-order valence-corrected chi connectivity index (χ2v) is 1.99. The quantitative estimate of drug-likeness (QED) is 0.501. The van der Waals surface area contributed by atoms with Crippen molar-refractivity contribution in [2.24, 2.45) is 0 Å². The predicted octanol–water partition coefficient (Wildman–Crippen LogP) is 0.988. The average Bonchev–Trinajstić information content (AvgIpc) is 1.90. The zero-order valence-electron chi connectivity index (χ0n) is 4.60. The van der Waals surface area contributed by atoms with Crippen LogP contribution in [-0.2, 0) is 9.47 Å². The van der Waals surface area contributed by atoms with E-state index in [1.54, 1.807) is 0 Å². The monoisotopic (exact) mass is 136 g/mol. The molecule has 8 heavy (non-hydrogen) atoms. The highest BCUT2D eigenvalue weighted by molar-refractivity contribution is 6.18. The molecule has 3 heteroatoms. The Bertz CT molecular complexity index is 61.4. The van der Waals surface area contributed by atoms with E-state index in [2.05, 4.69) is 0 Å². The van der Waals surface area contributed by atoms with Crippen LogP contribution in [0.1, 0.15) is 6.42 Å². The molecule has 0 aromatic rings. The lowest BCUT2D eigenvalue weighted by Crippen LogP contribution is -2.25. The molecule has 0 amide bonds. The van der Waals surface area contributed by atoms with Crippen molar-refractivity contribution in [1.29, 1.82) is 0 Å². The summed E-state index contributed by atoms with van der Waals surface area (Å²) >= 11 is 5.43. The molecule has 1 heterocycles. The van der Waals surface area contributed by atoms with Gasteiger partial charge in [0.1, 0.15) is 0 Å². The van der Waals surface area contributed by atoms with Crippen LogP contribution in [0.25, 0.3) is 0 Å². The third-order valence-corrected chi connectivity index (χ3v) is 1.27. The molecule has 0 aromatic carbocycles. The zero-order chi connectivity index (χ0) is 5.82. The number of alkyl halides is 1. The first-order chi connectivity index (χ1) is 3.93. The molecule has 0 bridgehead atoms. The molecule has 0 saturated carbocycles. The Hall–Kier alpha value is 0.210. The summed E-state index contributed by atoms with van der Waals surface area (Å²) < 4.78 is 10.1. The fraction of sp³-hybridized carbons (Fsp3) is 1.00. The van der Waals surface area contributed by atoms with Crippen LogP contribution in [0.3, 0.4) is 0 Å². The van der Waals surface area contributed by atoms with Gasteiger partial charge in [0.15, 0.2) is 6.29 Å². The molecular weight excluding hydrogens is 128 g/mol. The molecule has 1 aliphatic heterocycles. The van der Waals surface area contributed by atoms with Gasteiger partial charge < -0.3 is 9.47 Å². The maximum Gasteiger partial charge on any atom is 0.170 e. The second-order valence-electron chi connectivity index (χ2n) is 1.68. The summed E-state index contributed by atoms with van der Waals surface area (Å²) in [6, 6.07) is 0. The Morgan fingerprint density at radius 2 is 2.00 bits per heavy atom. The lowest BCUT2D eigenvalue weighted by molar-refractivity contribution is -0.164. The molecule has 48 valence electrons. The molecule has 0 aliphatic carbocycles. The fourth-order valence-corrected chi connectivity index (χ4v) is 0.804. The van der Waals surface area contributed by atoms with Gasteiger partial charge in [0.2, 0.25) is 0 Å². The van der Waals surface area contributed by atoms with Crippen molar-refractivity contribution in [1.82, 2.24) is 0 Å². The van der Waals surface area contributed by atoms with Gasteiger partial charge in [-0.25, -0.2) is 0 Å². The van der Waals surface area contributed by atoms with Crippen LogP contribution in [0.2, 0.25) is 0 Å². The van der Waals surface area contributed by atoms with Crippen molar-refractivity contribution in [3.8, 4) is 0 Å².